The molecular formula is C18H24FN5O. The maximum Gasteiger partial charge on any atom is 0.237 e. The van der Waals surface area contributed by atoms with E-state index in [9.17, 15) is 9.18 Å². The van der Waals surface area contributed by atoms with Crippen LogP contribution >= 0.6 is 0 Å². The molecule has 6 nitrogen and oxygen atoms in total. The molecule has 1 aromatic heterocycles. The molecule has 0 radical (unpaired) electrons. The van der Waals surface area contributed by atoms with Crippen LogP contribution in [0.1, 0.15) is 30.7 Å². The number of hydrogen-bond acceptors (Lipinski definition) is 4. The van der Waals surface area contributed by atoms with E-state index >= 15 is 0 Å². The highest BCUT2D eigenvalue weighted by atomic mass is 19.1. The zero-order valence-electron chi connectivity index (χ0n) is 14.5. The van der Waals surface area contributed by atoms with Crippen molar-refractivity contribution in [1.82, 2.24) is 25.0 Å². The smallest absolute Gasteiger partial charge is 0.237 e. The summed E-state index contributed by atoms with van der Waals surface area (Å²) in [7, 11) is 0. The van der Waals surface area contributed by atoms with Gasteiger partial charge in [0.05, 0.1) is 6.04 Å². The number of aromatic nitrogens is 3. The molecule has 1 saturated heterocycles. The number of nitrogens with one attached hydrogen (secondary N) is 1. The van der Waals surface area contributed by atoms with Gasteiger partial charge < -0.3 is 9.88 Å². The van der Waals surface area contributed by atoms with Gasteiger partial charge in [0.25, 0.3) is 0 Å². The topological polar surface area (TPSA) is 63.1 Å². The van der Waals surface area contributed by atoms with Crippen LogP contribution in [0.2, 0.25) is 0 Å². The summed E-state index contributed by atoms with van der Waals surface area (Å²) in [4.78, 5) is 14.8. The Morgan fingerprint density at radius 2 is 2.12 bits per heavy atom. The monoisotopic (exact) mass is 345 g/mol. The Labute approximate surface area is 147 Å². The third-order valence-corrected chi connectivity index (χ3v) is 4.68. The lowest BCUT2D eigenvalue weighted by molar-refractivity contribution is -0.127. The van der Waals surface area contributed by atoms with Crippen LogP contribution in [0.15, 0.2) is 30.6 Å². The van der Waals surface area contributed by atoms with Crippen molar-refractivity contribution in [2.75, 3.05) is 13.1 Å². The molecule has 0 aliphatic carbocycles. The number of carbonyl (C=O) groups is 1. The quantitative estimate of drug-likeness (QED) is 0.868. The molecule has 1 aliphatic rings. The summed E-state index contributed by atoms with van der Waals surface area (Å²) in [5.41, 5.74) is 1.03. The van der Waals surface area contributed by atoms with E-state index in [1.165, 1.54) is 12.1 Å². The Bertz CT molecular complexity index is 700. The van der Waals surface area contributed by atoms with Crippen LogP contribution in [-0.2, 0) is 17.9 Å². The maximum absolute atomic E-state index is 13.1. The van der Waals surface area contributed by atoms with Gasteiger partial charge in [-0.3, -0.25) is 9.69 Å². The van der Waals surface area contributed by atoms with Gasteiger partial charge in [0.2, 0.25) is 5.91 Å². The number of hydrogen-bond donors (Lipinski definition) is 1. The van der Waals surface area contributed by atoms with E-state index in [4.69, 9.17) is 0 Å². The van der Waals surface area contributed by atoms with Gasteiger partial charge in [0.1, 0.15) is 18.0 Å². The van der Waals surface area contributed by atoms with Crippen LogP contribution in [0.25, 0.3) is 0 Å². The molecule has 1 fully saturated rings. The summed E-state index contributed by atoms with van der Waals surface area (Å²) in [6.45, 7) is 4.66. The van der Waals surface area contributed by atoms with Gasteiger partial charge in [-0.25, -0.2) is 4.39 Å². The van der Waals surface area contributed by atoms with E-state index in [1.807, 2.05) is 11.5 Å². The molecule has 3 rings (SSSR count). The molecule has 1 amide bonds. The van der Waals surface area contributed by atoms with Gasteiger partial charge in [-0.2, -0.15) is 0 Å². The first-order chi connectivity index (χ1) is 12.1. The van der Waals surface area contributed by atoms with Gasteiger partial charge in [0, 0.05) is 19.6 Å². The highest BCUT2D eigenvalue weighted by Crippen LogP contribution is 2.20. The Balaban J connectivity index is 1.55. The standard InChI is InChI=1S/C18H24FN5O/c1-14-22-21-13-24(14)11-9-20-18(25)17-4-2-3-10-23(17)12-15-5-7-16(19)8-6-15/h5-8,13,17H,2-4,9-12H2,1H3,(H,20,25)/t17-/m1/s1. The molecule has 0 saturated carbocycles. The first kappa shape index (κ1) is 17.5. The highest BCUT2D eigenvalue weighted by Gasteiger charge is 2.28. The molecule has 7 heteroatoms. The number of benzene rings is 1. The van der Waals surface area contributed by atoms with E-state index in [0.29, 0.717) is 19.6 Å². The Morgan fingerprint density at radius 1 is 1.32 bits per heavy atom. The Hall–Kier alpha value is -2.28. The minimum absolute atomic E-state index is 0.0625. The van der Waals surface area contributed by atoms with Gasteiger partial charge in [-0.15, -0.1) is 10.2 Å². The van der Waals surface area contributed by atoms with Gasteiger partial charge in [-0.1, -0.05) is 18.6 Å². The van der Waals surface area contributed by atoms with Crippen molar-refractivity contribution in [1.29, 1.82) is 0 Å². The summed E-state index contributed by atoms with van der Waals surface area (Å²) in [5.74, 6) is 0.665. The lowest BCUT2D eigenvalue weighted by atomic mass is 10.0. The summed E-state index contributed by atoms with van der Waals surface area (Å²) < 4.78 is 15.0. The van der Waals surface area contributed by atoms with E-state index in [-0.39, 0.29) is 17.8 Å². The molecule has 134 valence electrons. The third-order valence-electron chi connectivity index (χ3n) is 4.68. The lowest BCUT2D eigenvalue weighted by Crippen LogP contribution is -2.49. The minimum Gasteiger partial charge on any atom is -0.353 e. The van der Waals surface area contributed by atoms with E-state index in [2.05, 4.69) is 20.4 Å². The van der Waals surface area contributed by atoms with Crippen LogP contribution in [0.4, 0.5) is 4.39 Å². The normalized spacial score (nSPS) is 18.2. The number of rotatable bonds is 6. The fourth-order valence-electron chi connectivity index (χ4n) is 3.25. The lowest BCUT2D eigenvalue weighted by Gasteiger charge is -2.34. The van der Waals surface area contributed by atoms with Crippen molar-refractivity contribution < 1.29 is 9.18 Å². The zero-order chi connectivity index (χ0) is 17.6. The second kappa shape index (κ2) is 8.20. The van der Waals surface area contributed by atoms with Gasteiger partial charge in [-0.05, 0) is 44.0 Å². The average Bonchev–Trinajstić information content (AvgIpc) is 3.02. The Kier molecular flexibility index (Phi) is 5.75. The van der Waals surface area contributed by atoms with Crippen molar-refractivity contribution in [3.8, 4) is 0 Å². The molecule has 0 unspecified atom stereocenters. The SMILES string of the molecule is Cc1nncn1CCNC(=O)[C@H]1CCCCN1Cc1ccc(F)cc1. The minimum atomic E-state index is -0.235. The molecule has 1 aromatic carbocycles. The molecule has 2 aromatic rings. The fraction of sp³-hybridized carbons (Fsp3) is 0.500. The molecular weight excluding hydrogens is 321 g/mol. The molecule has 1 aliphatic heterocycles. The molecule has 1 atom stereocenters. The molecule has 1 N–H and O–H groups in total. The average molecular weight is 345 g/mol. The van der Waals surface area contributed by atoms with Crippen molar-refractivity contribution >= 4 is 5.91 Å². The summed E-state index contributed by atoms with van der Waals surface area (Å²) in [5, 5.41) is 10.8. The van der Waals surface area contributed by atoms with Crippen LogP contribution in [0, 0.1) is 12.7 Å². The van der Waals surface area contributed by atoms with Crippen molar-refractivity contribution in [3.63, 3.8) is 0 Å². The molecule has 25 heavy (non-hydrogen) atoms. The number of halogens is 1. The second-order valence-electron chi connectivity index (χ2n) is 6.47. The number of aryl methyl sites for hydroxylation is 1. The summed E-state index contributed by atoms with van der Waals surface area (Å²) >= 11 is 0. The predicted molar refractivity (Wildman–Crippen MR) is 92.2 cm³/mol. The van der Waals surface area contributed by atoms with Crippen LogP contribution < -0.4 is 5.32 Å². The number of likely N-dealkylation sites (tertiary alicyclic amines) is 1. The number of piperidine rings is 1. The summed E-state index contributed by atoms with van der Waals surface area (Å²) in [6, 6.07) is 6.38. The van der Waals surface area contributed by atoms with E-state index in [1.54, 1.807) is 18.5 Å². The third kappa shape index (κ3) is 4.63. The molecule has 0 spiro atoms. The number of amides is 1. The number of carbonyl (C=O) groups excluding carboxylic acids is 1. The van der Waals surface area contributed by atoms with Crippen LogP contribution in [0.3, 0.4) is 0 Å². The highest BCUT2D eigenvalue weighted by molar-refractivity contribution is 5.81. The van der Waals surface area contributed by atoms with E-state index in [0.717, 1.165) is 37.2 Å². The fourth-order valence-corrected chi connectivity index (χ4v) is 3.25. The molecule has 2 heterocycles. The number of nitrogens with zero attached hydrogens (tertiary/aromatic N) is 4. The van der Waals surface area contributed by atoms with Crippen LogP contribution in [0.5, 0.6) is 0 Å². The van der Waals surface area contributed by atoms with Crippen molar-refractivity contribution in [2.45, 2.75) is 45.3 Å². The van der Waals surface area contributed by atoms with E-state index < -0.39 is 0 Å². The zero-order valence-corrected chi connectivity index (χ0v) is 14.5. The van der Waals surface area contributed by atoms with Crippen LogP contribution in [-0.4, -0.2) is 44.7 Å². The first-order valence-corrected chi connectivity index (χ1v) is 8.74. The summed E-state index contributed by atoms with van der Waals surface area (Å²) in [6.07, 6.45) is 4.68. The maximum atomic E-state index is 13.1. The first-order valence-electron chi connectivity index (χ1n) is 8.74. The van der Waals surface area contributed by atoms with Gasteiger partial charge >= 0.3 is 0 Å². The molecule has 0 bridgehead atoms. The van der Waals surface area contributed by atoms with Crippen molar-refractivity contribution in [2.24, 2.45) is 0 Å². The van der Waals surface area contributed by atoms with Crippen molar-refractivity contribution in [3.05, 3.63) is 47.8 Å². The largest absolute Gasteiger partial charge is 0.353 e. The Morgan fingerprint density at radius 3 is 2.84 bits per heavy atom. The van der Waals surface area contributed by atoms with Gasteiger partial charge in [0.15, 0.2) is 0 Å². The second-order valence-corrected chi connectivity index (χ2v) is 6.47. The predicted octanol–water partition coefficient (Wildman–Crippen LogP) is 1.90.